The van der Waals surface area contributed by atoms with E-state index >= 15 is 0 Å². The molecule has 0 spiro atoms. The summed E-state index contributed by atoms with van der Waals surface area (Å²) in [7, 11) is 0. The Bertz CT molecular complexity index is 636. The zero-order chi connectivity index (χ0) is 16.6. The maximum Gasteiger partial charge on any atom is 0.251 e. The van der Waals surface area contributed by atoms with Crippen LogP contribution >= 0.6 is 11.3 Å². The van der Waals surface area contributed by atoms with Crippen LogP contribution in [0.5, 0.6) is 0 Å². The Morgan fingerprint density at radius 2 is 2.00 bits per heavy atom. The van der Waals surface area contributed by atoms with Gasteiger partial charge in [-0.2, -0.15) is 0 Å². The van der Waals surface area contributed by atoms with E-state index in [9.17, 15) is 4.79 Å². The van der Waals surface area contributed by atoms with Crippen molar-refractivity contribution in [2.75, 3.05) is 31.5 Å². The van der Waals surface area contributed by atoms with Crippen molar-refractivity contribution in [1.82, 2.24) is 10.2 Å². The lowest BCUT2D eigenvalue weighted by atomic mass is 10.1. The fourth-order valence-corrected chi connectivity index (χ4v) is 3.63. The minimum Gasteiger partial charge on any atom is -0.380 e. The molecule has 2 heterocycles. The smallest absolute Gasteiger partial charge is 0.251 e. The Balaban J connectivity index is 1.46. The molecule has 5 heteroatoms. The van der Waals surface area contributed by atoms with Crippen LogP contribution in [0.3, 0.4) is 0 Å². The SMILES string of the molecule is O=C(NCCN1CCCCC1)c1cccc(NCc2cccs2)c1. The predicted molar refractivity (Wildman–Crippen MR) is 101 cm³/mol. The molecule has 0 bridgehead atoms. The Hall–Kier alpha value is -1.85. The fraction of sp³-hybridized carbons (Fsp3) is 0.421. The minimum atomic E-state index is 0.00628. The maximum absolute atomic E-state index is 12.3. The van der Waals surface area contributed by atoms with Gasteiger partial charge in [-0.15, -0.1) is 11.3 Å². The van der Waals surface area contributed by atoms with Crippen LogP contribution < -0.4 is 10.6 Å². The quantitative estimate of drug-likeness (QED) is 0.808. The number of likely N-dealkylation sites (tertiary alicyclic amines) is 1. The van der Waals surface area contributed by atoms with Gasteiger partial charge in [0.1, 0.15) is 0 Å². The number of carbonyl (C=O) groups excluding carboxylic acids is 1. The number of benzene rings is 1. The second-order valence-electron chi connectivity index (χ2n) is 6.17. The van der Waals surface area contributed by atoms with Crippen LogP contribution in [0, 0.1) is 0 Å². The predicted octanol–water partition coefficient (Wildman–Crippen LogP) is 3.58. The first-order valence-corrected chi connectivity index (χ1v) is 9.56. The highest BCUT2D eigenvalue weighted by Gasteiger charge is 2.11. The summed E-state index contributed by atoms with van der Waals surface area (Å²) >= 11 is 1.73. The van der Waals surface area contributed by atoms with Crippen LogP contribution in [0.1, 0.15) is 34.5 Å². The molecule has 2 aromatic rings. The standard InChI is InChI=1S/C19H25N3OS/c23-19(20-9-12-22-10-2-1-3-11-22)16-6-4-7-17(14-16)21-15-18-8-5-13-24-18/h4-8,13-14,21H,1-3,9-12,15H2,(H,20,23). The molecule has 24 heavy (non-hydrogen) atoms. The third kappa shape index (κ3) is 5.08. The zero-order valence-electron chi connectivity index (χ0n) is 14.0. The topological polar surface area (TPSA) is 44.4 Å². The number of amides is 1. The molecule has 128 valence electrons. The van der Waals surface area contributed by atoms with E-state index in [4.69, 9.17) is 0 Å². The van der Waals surface area contributed by atoms with Gasteiger partial charge in [0.25, 0.3) is 5.91 Å². The third-order valence-corrected chi connectivity index (χ3v) is 5.21. The second-order valence-corrected chi connectivity index (χ2v) is 7.20. The monoisotopic (exact) mass is 343 g/mol. The van der Waals surface area contributed by atoms with Gasteiger partial charge in [0.15, 0.2) is 0 Å². The average Bonchev–Trinajstić information content (AvgIpc) is 3.15. The zero-order valence-corrected chi connectivity index (χ0v) is 14.8. The molecule has 2 N–H and O–H groups in total. The number of thiophene rings is 1. The summed E-state index contributed by atoms with van der Waals surface area (Å²) < 4.78 is 0. The van der Waals surface area contributed by atoms with Gasteiger partial charge in [-0.3, -0.25) is 4.79 Å². The van der Waals surface area contributed by atoms with Crippen LogP contribution in [0.25, 0.3) is 0 Å². The number of hydrogen-bond acceptors (Lipinski definition) is 4. The van der Waals surface area contributed by atoms with E-state index in [2.05, 4.69) is 27.0 Å². The van der Waals surface area contributed by atoms with Gasteiger partial charge >= 0.3 is 0 Å². The Morgan fingerprint density at radius 1 is 1.12 bits per heavy atom. The van der Waals surface area contributed by atoms with Crippen molar-refractivity contribution in [2.24, 2.45) is 0 Å². The summed E-state index contributed by atoms with van der Waals surface area (Å²) in [6, 6.07) is 11.9. The molecule has 1 aromatic carbocycles. The largest absolute Gasteiger partial charge is 0.380 e. The van der Waals surface area contributed by atoms with E-state index in [1.807, 2.05) is 30.3 Å². The molecule has 1 aliphatic heterocycles. The molecular weight excluding hydrogens is 318 g/mol. The number of carbonyl (C=O) groups is 1. The number of nitrogens with zero attached hydrogens (tertiary/aromatic N) is 1. The first-order valence-electron chi connectivity index (χ1n) is 8.68. The highest BCUT2D eigenvalue weighted by Crippen LogP contribution is 2.15. The molecule has 0 saturated carbocycles. The van der Waals surface area contributed by atoms with Crippen molar-refractivity contribution in [1.29, 1.82) is 0 Å². The maximum atomic E-state index is 12.3. The van der Waals surface area contributed by atoms with E-state index in [1.165, 1.54) is 24.1 Å². The van der Waals surface area contributed by atoms with E-state index in [0.29, 0.717) is 12.1 Å². The Morgan fingerprint density at radius 3 is 2.79 bits per heavy atom. The molecule has 4 nitrogen and oxygen atoms in total. The number of anilines is 1. The minimum absolute atomic E-state index is 0.00628. The number of rotatable bonds is 7. The van der Waals surface area contributed by atoms with Crippen LogP contribution in [-0.4, -0.2) is 37.0 Å². The summed E-state index contributed by atoms with van der Waals surface area (Å²) in [4.78, 5) is 16.0. The second kappa shape index (κ2) is 8.85. The van der Waals surface area contributed by atoms with E-state index in [-0.39, 0.29) is 5.91 Å². The molecule has 1 saturated heterocycles. The van der Waals surface area contributed by atoms with E-state index < -0.39 is 0 Å². The van der Waals surface area contributed by atoms with Crippen molar-refractivity contribution < 1.29 is 4.79 Å². The molecule has 0 aliphatic carbocycles. The van der Waals surface area contributed by atoms with Crippen LogP contribution in [0.2, 0.25) is 0 Å². The lowest BCUT2D eigenvalue weighted by Crippen LogP contribution is -2.37. The van der Waals surface area contributed by atoms with Gasteiger partial charge in [-0.25, -0.2) is 0 Å². The molecule has 0 atom stereocenters. The van der Waals surface area contributed by atoms with Gasteiger partial charge in [0.2, 0.25) is 0 Å². The summed E-state index contributed by atoms with van der Waals surface area (Å²) in [6.07, 6.45) is 3.91. The summed E-state index contributed by atoms with van der Waals surface area (Å²) in [5, 5.41) is 8.48. The molecule has 1 amide bonds. The first-order chi connectivity index (χ1) is 11.8. The van der Waals surface area contributed by atoms with Crippen molar-refractivity contribution >= 4 is 22.9 Å². The van der Waals surface area contributed by atoms with Crippen molar-refractivity contribution in [2.45, 2.75) is 25.8 Å². The first kappa shape index (κ1) is 17.0. The van der Waals surface area contributed by atoms with Gasteiger partial charge in [-0.1, -0.05) is 18.6 Å². The summed E-state index contributed by atoms with van der Waals surface area (Å²) in [6.45, 7) is 4.78. The number of hydrogen-bond donors (Lipinski definition) is 2. The highest BCUT2D eigenvalue weighted by molar-refractivity contribution is 7.09. The van der Waals surface area contributed by atoms with E-state index in [0.717, 1.165) is 31.9 Å². The average molecular weight is 343 g/mol. The fourth-order valence-electron chi connectivity index (χ4n) is 2.99. The van der Waals surface area contributed by atoms with Crippen molar-refractivity contribution in [3.63, 3.8) is 0 Å². The molecular formula is C19H25N3OS. The third-order valence-electron chi connectivity index (χ3n) is 4.33. The van der Waals surface area contributed by atoms with E-state index in [1.54, 1.807) is 11.3 Å². The molecule has 0 radical (unpaired) electrons. The van der Waals surface area contributed by atoms with Crippen molar-refractivity contribution in [3.8, 4) is 0 Å². The normalized spacial score (nSPS) is 15.2. The van der Waals surface area contributed by atoms with Crippen LogP contribution in [0.4, 0.5) is 5.69 Å². The molecule has 1 fully saturated rings. The molecule has 3 rings (SSSR count). The van der Waals surface area contributed by atoms with Gasteiger partial charge < -0.3 is 15.5 Å². The lowest BCUT2D eigenvalue weighted by molar-refractivity contribution is 0.0946. The Kier molecular flexibility index (Phi) is 6.26. The number of nitrogens with one attached hydrogen (secondary N) is 2. The summed E-state index contributed by atoms with van der Waals surface area (Å²) in [5.41, 5.74) is 1.69. The van der Waals surface area contributed by atoms with Crippen molar-refractivity contribution in [3.05, 3.63) is 52.2 Å². The molecule has 1 aliphatic rings. The highest BCUT2D eigenvalue weighted by atomic mass is 32.1. The molecule has 0 unspecified atom stereocenters. The summed E-state index contributed by atoms with van der Waals surface area (Å²) in [5.74, 6) is 0.00628. The number of piperidine rings is 1. The van der Waals surface area contributed by atoms with Crippen LogP contribution in [0.15, 0.2) is 41.8 Å². The van der Waals surface area contributed by atoms with Gasteiger partial charge in [0, 0.05) is 35.8 Å². The van der Waals surface area contributed by atoms with Gasteiger partial charge in [-0.05, 0) is 55.6 Å². The molecule has 1 aromatic heterocycles. The van der Waals surface area contributed by atoms with Gasteiger partial charge in [0.05, 0.1) is 0 Å². The van der Waals surface area contributed by atoms with Crippen LogP contribution in [-0.2, 0) is 6.54 Å². The lowest BCUT2D eigenvalue weighted by Gasteiger charge is -2.26. The Labute approximate surface area is 147 Å².